The van der Waals surface area contributed by atoms with Gasteiger partial charge in [-0.05, 0) is 24.3 Å². The Morgan fingerprint density at radius 1 is 1.12 bits per heavy atom. The highest BCUT2D eigenvalue weighted by atomic mass is 32.1. The van der Waals surface area contributed by atoms with Crippen molar-refractivity contribution in [2.45, 2.75) is 64.7 Å². The summed E-state index contributed by atoms with van der Waals surface area (Å²) >= 11 is 1.75. The van der Waals surface area contributed by atoms with E-state index >= 15 is 0 Å². The van der Waals surface area contributed by atoms with Crippen LogP contribution in [0.15, 0.2) is 17.5 Å². The molecule has 1 rings (SSSR count). The topological polar surface area (TPSA) is 17.1 Å². The van der Waals surface area contributed by atoms with E-state index in [1.54, 1.807) is 11.3 Å². The standard InChI is InChI=1S/C15H24OS/c1-2-3-4-5-6-7-9-14(16)11-12-15-10-8-13-17-15/h8,10,13H,2-7,9,11-12H2,1H3. The minimum Gasteiger partial charge on any atom is -0.300 e. The third-order valence-electron chi connectivity index (χ3n) is 3.04. The first kappa shape index (κ1) is 14.4. The van der Waals surface area contributed by atoms with Crippen LogP contribution in [0.2, 0.25) is 0 Å². The molecule has 0 radical (unpaired) electrons. The summed E-state index contributed by atoms with van der Waals surface area (Å²) in [6, 6.07) is 4.17. The largest absolute Gasteiger partial charge is 0.300 e. The number of rotatable bonds is 10. The van der Waals surface area contributed by atoms with E-state index in [0.29, 0.717) is 5.78 Å². The predicted molar refractivity (Wildman–Crippen MR) is 75.6 cm³/mol. The Hall–Kier alpha value is -0.630. The maximum atomic E-state index is 11.6. The summed E-state index contributed by atoms with van der Waals surface area (Å²) in [5.41, 5.74) is 0. The summed E-state index contributed by atoms with van der Waals surface area (Å²) < 4.78 is 0. The molecule has 1 aromatic heterocycles. The summed E-state index contributed by atoms with van der Waals surface area (Å²) in [4.78, 5) is 13.0. The van der Waals surface area contributed by atoms with Gasteiger partial charge in [-0.1, -0.05) is 45.1 Å². The number of carbonyl (C=O) groups is 1. The fourth-order valence-corrected chi connectivity index (χ4v) is 2.65. The molecule has 0 aromatic carbocycles. The second kappa shape index (κ2) is 9.41. The predicted octanol–water partition coefficient (Wildman–Crippen LogP) is 5.00. The van der Waals surface area contributed by atoms with E-state index in [4.69, 9.17) is 0 Å². The Kier molecular flexibility index (Phi) is 7.98. The lowest BCUT2D eigenvalue weighted by Crippen LogP contribution is -1.99. The second-order valence-electron chi connectivity index (χ2n) is 4.64. The van der Waals surface area contributed by atoms with Crippen LogP contribution >= 0.6 is 11.3 Å². The van der Waals surface area contributed by atoms with Gasteiger partial charge in [-0.25, -0.2) is 0 Å². The SMILES string of the molecule is CCCCCCCCC(=O)CCc1cccs1. The summed E-state index contributed by atoms with van der Waals surface area (Å²) in [6.07, 6.45) is 10.0. The number of hydrogen-bond donors (Lipinski definition) is 0. The minimum atomic E-state index is 0.439. The van der Waals surface area contributed by atoms with Crippen molar-refractivity contribution in [1.29, 1.82) is 0 Å². The molecule has 96 valence electrons. The van der Waals surface area contributed by atoms with Gasteiger partial charge in [-0.15, -0.1) is 11.3 Å². The van der Waals surface area contributed by atoms with Gasteiger partial charge in [-0.2, -0.15) is 0 Å². The zero-order valence-corrected chi connectivity index (χ0v) is 11.7. The first-order valence-corrected chi connectivity index (χ1v) is 7.75. The molecule has 0 aliphatic rings. The van der Waals surface area contributed by atoms with Gasteiger partial charge in [0.25, 0.3) is 0 Å². The molecule has 1 nitrogen and oxygen atoms in total. The van der Waals surface area contributed by atoms with E-state index in [0.717, 1.165) is 25.7 Å². The van der Waals surface area contributed by atoms with E-state index in [-0.39, 0.29) is 0 Å². The van der Waals surface area contributed by atoms with Gasteiger partial charge in [-0.3, -0.25) is 4.79 Å². The van der Waals surface area contributed by atoms with E-state index in [1.807, 2.05) is 0 Å². The van der Waals surface area contributed by atoms with Crippen molar-refractivity contribution in [3.63, 3.8) is 0 Å². The van der Waals surface area contributed by atoms with Gasteiger partial charge in [0.05, 0.1) is 0 Å². The zero-order valence-electron chi connectivity index (χ0n) is 10.9. The lowest BCUT2D eigenvalue weighted by Gasteiger charge is -2.01. The fourth-order valence-electron chi connectivity index (χ4n) is 1.94. The Bertz CT molecular complexity index is 290. The maximum Gasteiger partial charge on any atom is 0.133 e. The summed E-state index contributed by atoms with van der Waals surface area (Å²) in [5.74, 6) is 0.439. The molecule has 0 bridgehead atoms. The Balaban J connectivity index is 1.94. The lowest BCUT2D eigenvalue weighted by molar-refractivity contribution is -0.119. The van der Waals surface area contributed by atoms with Crippen LogP contribution in [0.3, 0.4) is 0 Å². The zero-order chi connectivity index (χ0) is 12.3. The van der Waals surface area contributed by atoms with Crippen molar-refractivity contribution in [3.05, 3.63) is 22.4 Å². The van der Waals surface area contributed by atoms with E-state index < -0.39 is 0 Å². The van der Waals surface area contributed by atoms with Crippen LogP contribution in [0.5, 0.6) is 0 Å². The number of hydrogen-bond acceptors (Lipinski definition) is 2. The molecule has 1 heterocycles. The van der Waals surface area contributed by atoms with Crippen LogP contribution in [0.25, 0.3) is 0 Å². The van der Waals surface area contributed by atoms with Gasteiger partial charge in [0.15, 0.2) is 0 Å². The molecule has 0 atom stereocenters. The van der Waals surface area contributed by atoms with E-state index in [9.17, 15) is 4.79 Å². The molecule has 1 aromatic rings. The average molecular weight is 252 g/mol. The molecule has 0 spiro atoms. The van der Waals surface area contributed by atoms with Crippen molar-refractivity contribution >= 4 is 17.1 Å². The highest BCUT2D eigenvalue weighted by molar-refractivity contribution is 7.09. The van der Waals surface area contributed by atoms with Crippen molar-refractivity contribution in [1.82, 2.24) is 0 Å². The number of Topliss-reactive ketones (excluding diaryl/α,β-unsaturated/α-hetero) is 1. The van der Waals surface area contributed by atoms with Crippen LogP contribution < -0.4 is 0 Å². The Labute approximate surface area is 109 Å². The highest BCUT2D eigenvalue weighted by Crippen LogP contribution is 2.13. The molecule has 17 heavy (non-hydrogen) atoms. The van der Waals surface area contributed by atoms with Gasteiger partial charge in [0.2, 0.25) is 0 Å². The Morgan fingerprint density at radius 2 is 1.88 bits per heavy atom. The summed E-state index contributed by atoms with van der Waals surface area (Å²) in [5, 5.41) is 2.08. The Morgan fingerprint density at radius 3 is 2.59 bits per heavy atom. The van der Waals surface area contributed by atoms with Crippen molar-refractivity contribution in [2.24, 2.45) is 0 Å². The monoisotopic (exact) mass is 252 g/mol. The molecule has 0 amide bonds. The highest BCUT2D eigenvalue weighted by Gasteiger charge is 2.03. The van der Waals surface area contributed by atoms with Gasteiger partial charge in [0, 0.05) is 17.7 Å². The van der Waals surface area contributed by atoms with Gasteiger partial charge < -0.3 is 0 Å². The van der Waals surface area contributed by atoms with Crippen molar-refractivity contribution in [2.75, 3.05) is 0 Å². The minimum absolute atomic E-state index is 0.439. The molecule has 0 unspecified atom stereocenters. The molecule has 0 N–H and O–H groups in total. The molecule has 0 saturated heterocycles. The quantitative estimate of drug-likeness (QED) is 0.535. The second-order valence-corrected chi connectivity index (χ2v) is 5.67. The number of thiophene rings is 1. The van der Waals surface area contributed by atoms with Crippen LogP contribution in [0, 0.1) is 0 Å². The molecule has 0 aliphatic heterocycles. The van der Waals surface area contributed by atoms with Crippen LogP contribution in [-0.2, 0) is 11.2 Å². The maximum absolute atomic E-state index is 11.6. The molecule has 0 aliphatic carbocycles. The molecule has 0 fully saturated rings. The lowest BCUT2D eigenvalue weighted by atomic mass is 10.1. The third-order valence-corrected chi connectivity index (χ3v) is 3.98. The van der Waals surface area contributed by atoms with Crippen LogP contribution in [0.1, 0.15) is 63.2 Å². The number of carbonyl (C=O) groups excluding carboxylic acids is 1. The third kappa shape index (κ3) is 7.32. The number of aryl methyl sites for hydroxylation is 1. The smallest absolute Gasteiger partial charge is 0.133 e. The normalized spacial score (nSPS) is 10.6. The summed E-state index contributed by atoms with van der Waals surface area (Å²) in [6.45, 7) is 2.23. The van der Waals surface area contributed by atoms with Crippen molar-refractivity contribution < 1.29 is 4.79 Å². The van der Waals surface area contributed by atoms with Crippen LogP contribution in [-0.4, -0.2) is 5.78 Å². The fraction of sp³-hybridized carbons (Fsp3) is 0.667. The van der Waals surface area contributed by atoms with Gasteiger partial charge >= 0.3 is 0 Å². The molecule has 2 heteroatoms. The average Bonchev–Trinajstić information content (AvgIpc) is 2.84. The van der Waals surface area contributed by atoms with Crippen molar-refractivity contribution in [3.8, 4) is 0 Å². The van der Waals surface area contributed by atoms with Crippen LogP contribution in [0.4, 0.5) is 0 Å². The first-order chi connectivity index (χ1) is 8.33. The molecule has 0 saturated carbocycles. The number of unbranched alkanes of at least 4 members (excludes halogenated alkanes) is 5. The molecular formula is C15H24OS. The molecular weight excluding hydrogens is 228 g/mol. The summed E-state index contributed by atoms with van der Waals surface area (Å²) in [7, 11) is 0. The van der Waals surface area contributed by atoms with E-state index in [2.05, 4.69) is 24.4 Å². The van der Waals surface area contributed by atoms with Gasteiger partial charge in [0.1, 0.15) is 5.78 Å². The number of ketones is 1. The first-order valence-electron chi connectivity index (χ1n) is 6.87. The van der Waals surface area contributed by atoms with E-state index in [1.165, 1.54) is 37.0 Å².